The summed E-state index contributed by atoms with van der Waals surface area (Å²) in [6.45, 7) is 6.36. The summed E-state index contributed by atoms with van der Waals surface area (Å²) in [6, 6.07) is 0. The van der Waals surface area contributed by atoms with Crippen molar-refractivity contribution in [2.45, 2.75) is 33.6 Å². The number of carbonyl (C=O) groups is 2. The lowest BCUT2D eigenvalue weighted by Gasteiger charge is -2.35. The number of Topliss-reactive ketones (excluding diaryl/α,β-unsaturated/α-hetero) is 1. The molecule has 0 amide bonds. The second-order valence-electron chi connectivity index (χ2n) is 5.25. The first-order valence-corrected chi connectivity index (χ1v) is 4.94. The number of fused-ring (bicyclic) bond motifs is 2. The molecule has 0 spiro atoms. The second-order valence-corrected chi connectivity index (χ2v) is 5.25. The van der Waals surface area contributed by atoms with Crippen molar-refractivity contribution >= 4 is 12.1 Å². The largest absolute Gasteiger partial charge is 0.303 e. The van der Waals surface area contributed by atoms with Gasteiger partial charge in [0.2, 0.25) is 0 Å². The van der Waals surface area contributed by atoms with E-state index in [1.807, 2.05) is 0 Å². The molecular formula is C11H16O2. The van der Waals surface area contributed by atoms with Crippen LogP contribution in [0.2, 0.25) is 0 Å². The fourth-order valence-corrected chi connectivity index (χ4v) is 3.33. The van der Waals surface area contributed by atoms with Crippen LogP contribution in [-0.4, -0.2) is 12.1 Å². The molecular weight excluding hydrogens is 164 g/mol. The van der Waals surface area contributed by atoms with E-state index in [1.54, 1.807) is 0 Å². The lowest BCUT2D eigenvalue weighted by atomic mass is 9.67. The second kappa shape index (κ2) is 2.23. The quantitative estimate of drug-likeness (QED) is 0.455. The van der Waals surface area contributed by atoms with Crippen LogP contribution in [0.15, 0.2) is 0 Å². The van der Waals surface area contributed by atoms with Gasteiger partial charge in [-0.05, 0) is 23.7 Å². The monoisotopic (exact) mass is 180 g/mol. The number of hydrogen-bond acceptors (Lipinski definition) is 2. The molecule has 0 aromatic carbocycles. The zero-order valence-electron chi connectivity index (χ0n) is 8.46. The summed E-state index contributed by atoms with van der Waals surface area (Å²) in [4.78, 5) is 22.7. The lowest BCUT2D eigenvalue weighted by Crippen LogP contribution is -2.34. The predicted molar refractivity (Wildman–Crippen MR) is 49.2 cm³/mol. The molecule has 0 saturated heterocycles. The Morgan fingerprint density at radius 2 is 2.00 bits per heavy atom. The summed E-state index contributed by atoms with van der Waals surface area (Å²) in [7, 11) is 0. The Hall–Kier alpha value is -0.660. The minimum atomic E-state index is -0.332. The molecule has 2 saturated carbocycles. The van der Waals surface area contributed by atoms with Gasteiger partial charge in [0.25, 0.3) is 0 Å². The highest BCUT2D eigenvalue weighted by atomic mass is 16.1. The van der Waals surface area contributed by atoms with E-state index >= 15 is 0 Å². The summed E-state index contributed by atoms with van der Waals surface area (Å²) >= 11 is 0. The minimum absolute atomic E-state index is 0.0235. The van der Waals surface area contributed by atoms with E-state index in [-0.39, 0.29) is 28.4 Å². The number of ketones is 1. The van der Waals surface area contributed by atoms with Crippen LogP contribution < -0.4 is 0 Å². The third kappa shape index (κ3) is 0.749. The number of rotatable bonds is 1. The van der Waals surface area contributed by atoms with E-state index in [0.717, 1.165) is 19.1 Å². The molecule has 2 aliphatic rings. The molecule has 0 aromatic rings. The standard InChI is InChI=1S/C11H16O2/c1-10(2)7-4-5-11(10,3)8(6-12)9(7)13/h6-8H,4-5H2,1-3H3/t7-,8?,11+/m1/s1. The van der Waals surface area contributed by atoms with Crippen LogP contribution in [0.4, 0.5) is 0 Å². The molecule has 0 radical (unpaired) electrons. The third-order valence-corrected chi connectivity index (χ3v) is 4.77. The summed E-state index contributed by atoms with van der Waals surface area (Å²) in [5, 5.41) is 0. The average Bonchev–Trinajstić information content (AvgIpc) is 2.32. The van der Waals surface area contributed by atoms with E-state index in [2.05, 4.69) is 20.8 Å². The van der Waals surface area contributed by atoms with Crippen LogP contribution >= 0.6 is 0 Å². The van der Waals surface area contributed by atoms with Crippen molar-refractivity contribution < 1.29 is 9.59 Å². The van der Waals surface area contributed by atoms with Gasteiger partial charge in [-0.25, -0.2) is 0 Å². The highest BCUT2D eigenvalue weighted by Gasteiger charge is 2.66. The van der Waals surface area contributed by atoms with E-state index in [9.17, 15) is 9.59 Å². The normalized spacial score (nSPS) is 46.8. The molecule has 72 valence electrons. The Balaban J connectivity index is 2.51. The maximum absolute atomic E-state index is 11.8. The van der Waals surface area contributed by atoms with Crippen LogP contribution in [0.3, 0.4) is 0 Å². The Bertz CT molecular complexity index is 280. The minimum Gasteiger partial charge on any atom is -0.303 e. The summed E-state index contributed by atoms with van der Waals surface area (Å²) < 4.78 is 0. The van der Waals surface area contributed by atoms with E-state index in [1.165, 1.54) is 0 Å². The fraction of sp³-hybridized carbons (Fsp3) is 0.818. The van der Waals surface area contributed by atoms with Gasteiger partial charge in [0.05, 0.1) is 5.92 Å². The predicted octanol–water partition coefficient (Wildman–Crippen LogP) is 1.83. The number of aldehydes is 1. The molecule has 2 heteroatoms. The molecule has 0 aliphatic heterocycles. The van der Waals surface area contributed by atoms with Gasteiger partial charge in [-0.3, -0.25) is 4.79 Å². The molecule has 13 heavy (non-hydrogen) atoms. The van der Waals surface area contributed by atoms with Crippen molar-refractivity contribution in [1.82, 2.24) is 0 Å². The van der Waals surface area contributed by atoms with E-state index in [0.29, 0.717) is 0 Å². The molecule has 2 rings (SSSR count). The van der Waals surface area contributed by atoms with Crippen LogP contribution in [0.1, 0.15) is 33.6 Å². The molecule has 2 fully saturated rings. The number of carbonyl (C=O) groups excluding carboxylic acids is 2. The van der Waals surface area contributed by atoms with Gasteiger partial charge >= 0.3 is 0 Å². The lowest BCUT2D eigenvalue weighted by molar-refractivity contribution is -0.131. The fourth-order valence-electron chi connectivity index (χ4n) is 3.33. The maximum atomic E-state index is 11.8. The van der Waals surface area contributed by atoms with Gasteiger partial charge in [0, 0.05) is 5.92 Å². The average molecular weight is 180 g/mol. The zero-order valence-corrected chi connectivity index (χ0v) is 8.46. The molecule has 1 unspecified atom stereocenters. The van der Waals surface area contributed by atoms with Crippen molar-refractivity contribution in [3.63, 3.8) is 0 Å². The van der Waals surface area contributed by atoms with E-state index in [4.69, 9.17) is 0 Å². The van der Waals surface area contributed by atoms with Gasteiger partial charge in [-0.2, -0.15) is 0 Å². The first-order valence-electron chi connectivity index (χ1n) is 4.94. The van der Waals surface area contributed by atoms with Gasteiger partial charge in [-0.15, -0.1) is 0 Å². The van der Waals surface area contributed by atoms with Crippen molar-refractivity contribution in [3.8, 4) is 0 Å². The SMILES string of the molecule is CC1(C)[C@@H]2CC[C@@]1(C)C(C=O)C2=O. The molecule has 0 N–H and O–H groups in total. The third-order valence-electron chi connectivity index (χ3n) is 4.77. The Morgan fingerprint density at radius 3 is 2.31 bits per heavy atom. The highest BCUT2D eigenvalue weighted by molar-refractivity contribution is 5.99. The molecule has 0 aromatic heterocycles. The molecule has 2 aliphatic carbocycles. The summed E-state index contributed by atoms with van der Waals surface area (Å²) in [5.41, 5.74) is -0.0494. The number of hydrogen-bond donors (Lipinski definition) is 0. The van der Waals surface area contributed by atoms with E-state index < -0.39 is 0 Å². The van der Waals surface area contributed by atoms with Crippen LogP contribution in [0.25, 0.3) is 0 Å². The van der Waals surface area contributed by atoms with Crippen molar-refractivity contribution in [3.05, 3.63) is 0 Å². The first-order chi connectivity index (χ1) is 5.95. The Kier molecular flexibility index (Phi) is 1.53. The van der Waals surface area contributed by atoms with Gasteiger partial charge < -0.3 is 4.79 Å². The highest BCUT2D eigenvalue weighted by Crippen LogP contribution is 2.65. The summed E-state index contributed by atoms with van der Waals surface area (Å²) in [5.74, 6) is -0.0114. The molecule has 2 bridgehead atoms. The Morgan fingerprint density at radius 1 is 1.38 bits per heavy atom. The maximum Gasteiger partial charge on any atom is 0.147 e. The van der Waals surface area contributed by atoms with Gasteiger partial charge in [0.15, 0.2) is 0 Å². The molecule has 0 heterocycles. The Labute approximate surface area is 78.7 Å². The van der Waals surface area contributed by atoms with Crippen molar-refractivity contribution in [2.75, 3.05) is 0 Å². The first kappa shape index (κ1) is 8.92. The summed E-state index contributed by atoms with van der Waals surface area (Å²) in [6.07, 6.45) is 2.87. The smallest absolute Gasteiger partial charge is 0.147 e. The van der Waals surface area contributed by atoms with Crippen LogP contribution in [0, 0.1) is 22.7 Å². The van der Waals surface area contributed by atoms with Gasteiger partial charge in [0.1, 0.15) is 12.1 Å². The zero-order chi connectivity index (χ0) is 9.85. The van der Waals surface area contributed by atoms with Crippen LogP contribution in [0.5, 0.6) is 0 Å². The van der Waals surface area contributed by atoms with Crippen molar-refractivity contribution in [1.29, 1.82) is 0 Å². The molecule has 2 nitrogen and oxygen atoms in total. The topological polar surface area (TPSA) is 34.1 Å². The van der Waals surface area contributed by atoms with Gasteiger partial charge in [-0.1, -0.05) is 20.8 Å². The van der Waals surface area contributed by atoms with Crippen molar-refractivity contribution in [2.24, 2.45) is 22.7 Å². The molecule has 3 atom stereocenters. The van der Waals surface area contributed by atoms with Crippen LogP contribution in [-0.2, 0) is 9.59 Å².